The number of fused-ring (bicyclic) bond motifs is 3. The largest absolute Gasteiger partial charge is 0.505 e. The number of furan rings is 1. The molecule has 2 aromatic heterocycles. The molecule has 3 aromatic carbocycles. The van der Waals surface area contributed by atoms with Crippen LogP contribution < -0.4 is 0 Å². The molecule has 0 unspecified atom stereocenters. The lowest BCUT2D eigenvalue weighted by Gasteiger charge is -2.14. The highest BCUT2D eigenvalue weighted by Gasteiger charge is 2.42. The third-order valence-corrected chi connectivity index (χ3v) is 5.77. The predicted molar refractivity (Wildman–Crippen MR) is 119 cm³/mol. The topological polar surface area (TPSA) is 117 Å². The minimum Gasteiger partial charge on any atom is -0.505 e. The summed E-state index contributed by atoms with van der Waals surface area (Å²) in [6.45, 7) is -0.0451. The van der Waals surface area contributed by atoms with Crippen LogP contribution in [0.2, 0.25) is 0 Å². The monoisotopic (exact) mass is 437 g/mol. The summed E-state index contributed by atoms with van der Waals surface area (Å²) < 4.78 is 5.92. The highest BCUT2D eigenvalue weighted by molar-refractivity contribution is 6.26. The molecule has 0 saturated carbocycles. The molecule has 0 bridgehead atoms. The Labute approximate surface area is 186 Å². The van der Waals surface area contributed by atoms with E-state index in [1.165, 1.54) is 12.4 Å². The van der Waals surface area contributed by atoms with Gasteiger partial charge in [0, 0.05) is 23.3 Å². The molecule has 0 saturated heterocycles. The molecule has 2 N–H and O–H groups in total. The molecule has 5 aromatic rings. The maximum absolute atomic E-state index is 13.1. The van der Waals surface area contributed by atoms with Crippen molar-refractivity contribution in [1.82, 2.24) is 14.9 Å². The van der Waals surface area contributed by atoms with E-state index in [9.17, 15) is 19.8 Å². The van der Waals surface area contributed by atoms with Crippen molar-refractivity contribution in [3.8, 4) is 22.8 Å². The van der Waals surface area contributed by atoms with E-state index in [2.05, 4.69) is 9.97 Å². The molecule has 0 fully saturated rings. The standard InChI is InChI=1S/C25H15N3O5/c29-22-18-19(23(30)21-20(22)26-8-9-27-21)25(32)28(24(18)31)12-13-4-3-6-14(10-13)17-11-15-5-1-2-7-16(15)33-17/h1-11,29-30H,12H2. The van der Waals surface area contributed by atoms with Gasteiger partial charge in [-0.15, -0.1) is 0 Å². The molecule has 3 heterocycles. The summed E-state index contributed by atoms with van der Waals surface area (Å²) in [5.41, 5.74) is 1.64. The second kappa shape index (κ2) is 6.89. The van der Waals surface area contributed by atoms with Gasteiger partial charge in [0.25, 0.3) is 11.8 Å². The molecule has 1 aliphatic heterocycles. The first-order chi connectivity index (χ1) is 16.0. The number of nitrogens with zero attached hydrogens (tertiary/aromatic N) is 3. The molecule has 33 heavy (non-hydrogen) atoms. The number of hydrogen-bond acceptors (Lipinski definition) is 7. The molecule has 0 spiro atoms. The highest BCUT2D eigenvalue weighted by Crippen LogP contribution is 2.42. The first-order valence-corrected chi connectivity index (χ1v) is 10.2. The fourth-order valence-corrected chi connectivity index (χ4v) is 4.21. The molecular formula is C25H15N3O5. The molecule has 2 amide bonds. The number of para-hydroxylation sites is 1. The highest BCUT2D eigenvalue weighted by atomic mass is 16.3. The Hall–Kier alpha value is -4.72. The van der Waals surface area contributed by atoms with Gasteiger partial charge < -0.3 is 14.6 Å². The lowest BCUT2D eigenvalue weighted by Crippen LogP contribution is -2.29. The maximum atomic E-state index is 13.1. The van der Waals surface area contributed by atoms with Crippen LogP contribution in [0.25, 0.3) is 33.3 Å². The molecule has 1 aliphatic rings. The van der Waals surface area contributed by atoms with E-state index in [1.807, 2.05) is 48.5 Å². The van der Waals surface area contributed by atoms with Gasteiger partial charge in [0.1, 0.15) is 33.5 Å². The van der Waals surface area contributed by atoms with Crippen molar-refractivity contribution in [2.24, 2.45) is 0 Å². The van der Waals surface area contributed by atoms with Crippen LogP contribution in [0.5, 0.6) is 11.5 Å². The number of phenols is 2. The summed E-state index contributed by atoms with van der Waals surface area (Å²) >= 11 is 0. The van der Waals surface area contributed by atoms with Crippen LogP contribution in [-0.2, 0) is 6.54 Å². The number of amides is 2. The number of carbonyl (C=O) groups excluding carboxylic acids is 2. The van der Waals surface area contributed by atoms with Crippen LogP contribution in [0.15, 0.2) is 71.4 Å². The Balaban J connectivity index is 1.38. The van der Waals surface area contributed by atoms with Crippen molar-refractivity contribution in [2.45, 2.75) is 6.54 Å². The van der Waals surface area contributed by atoms with Crippen LogP contribution in [0.3, 0.4) is 0 Å². The third-order valence-electron chi connectivity index (χ3n) is 5.77. The van der Waals surface area contributed by atoms with E-state index >= 15 is 0 Å². The fourth-order valence-electron chi connectivity index (χ4n) is 4.21. The van der Waals surface area contributed by atoms with Crippen LogP contribution in [0, 0.1) is 0 Å². The van der Waals surface area contributed by atoms with E-state index in [0.717, 1.165) is 21.4 Å². The van der Waals surface area contributed by atoms with Gasteiger partial charge in [0.15, 0.2) is 11.5 Å². The summed E-state index contributed by atoms with van der Waals surface area (Å²) in [6.07, 6.45) is 2.66. The zero-order valence-corrected chi connectivity index (χ0v) is 17.0. The number of hydrogen-bond donors (Lipinski definition) is 2. The Morgan fingerprint density at radius 1 is 0.818 bits per heavy atom. The van der Waals surface area contributed by atoms with Gasteiger partial charge in [-0.3, -0.25) is 14.5 Å². The van der Waals surface area contributed by atoms with Crippen LogP contribution in [0.1, 0.15) is 26.3 Å². The normalized spacial score (nSPS) is 13.3. The van der Waals surface area contributed by atoms with E-state index in [1.54, 1.807) is 6.07 Å². The number of aromatic hydroxyl groups is 2. The number of rotatable bonds is 3. The molecular weight excluding hydrogens is 422 g/mol. The van der Waals surface area contributed by atoms with Gasteiger partial charge in [-0.1, -0.05) is 36.4 Å². The van der Waals surface area contributed by atoms with E-state index in [4.69, 9.17) is 4.42 Å². The van der Waals surface area contributed by atoms with Crippen molar-refractivity contribution in [2.75, 3.05) is 0 Å². The first-order valence-electron chi connectivity index (χ1n) is 10.2. The SMILES string of the molecule is O=C1c2c(c(O)c3nccnc3c2O)C(=O)N1Cc1cccc(-c2cc3ccccc3o2)c1. The zero-order chi connectivity index (χ0) is 22.7. The van der Waals surface area contributed by atoms with Crippen molar-refractivity contribution >= 4 is 33.8 Å². The number of benzene rings is 3. The summed E-state index contributed by atoms with van der Waals surface area (Å²) in [5, 5.41) is 22.2. The fraction of sp³-hybridized carbons (Fsp3) is 0.0400. The van der Waals surface area contributed by atoms with Gasteiger partial charge in [0.05, 0.1) is 6.54 Å². The molecule has 8 nitrogen and oxygen atoms in total. The molecule has 0 radical (unpaired) electrons. The summed E-state index contributed by atoms with van der Waals surface area (Å²) in [5.74, 6) is -1.68. The second-order valence-electron chi connectivity index (χ2n) is 7.75. The second-order valence-corrected chi connectivity index (χ2v) is 7.75. The van der Waals surface area contributed by atoms with E-state index in [0.29, 0.717) is 11.3 Å². The molecule has 160 valence electrons. The smallest absolute Gasteiger partial charge is 0.265 e. The number of phenolic OH excluding ortho intramolecular Hbond substituents is 2. The zero-order valence-electron chi connectivity index (χ0n) is 17.0. The van der Waals surface area contributed by atoms with Gasteiger partial charge >= 0.3 is 0 Å². The van der Waals surface area contributed by atoms with E-state index < -0.39 is 23.3 Å². The molecule has 0 atom stereocenters. The molecule has 6 rings (SSSR count). The van der Waals surface area contributed by atoms with Crippen molar-refractivity contribution < 1.29 is 24.2 Å². The van der Waals surface area contributed by atoms with Crippen LogP contribution in [0.4, 0.5) is 0 Å². The summed E-state index contributed by atoms with van der Waals surface area (Å²) in [6, 6.07) is 16.9. The minimum absolute atomic E-state index is 0.0383. The average Bonchev–Trinajstić information content (AvgIpc) is 3.38. The lowest BCUT2D eigenvalue weighted by atomic mass is 10.1. The molecule has 0 aliphatic carbocycles. The lowest BCUT2D eigenvalue weighted by molar-refractivity contribution is 0.0641. The van der Waals surface area contributed by atoms with Crippen molar-refractivity contribution in [3.63, 3.8) is 0 Å². The Bertz CT molecular complexity index is 1530. The van der Waals surface area contributed by atoms with Gasteiger partial charge in [-0.25, -0.2) is 9.97 Å². The number of aromatic nitrogens is 2. The quantitative estimate of drug-likeness (QED) is 0.320. The van der Waals surface area contributed by atoms with Gasteiger partial charge in [0.2, 0.25) is 0 Å². The van der Waals surface area contributed by atoms with Gasteiger partial charge in [-0.2, -0.15) is 0 Å². The Kier molecular flexibility index (Phi) is 3.97. The number of carbonyl (C=O) groups is 2. The maximum Gasteiger partial charge on any atom is 0.265 e. The van der Waals surface area contributed by atoms with Crippen LogP contribution in [-0.4, -0.2) is 36.9 Å². The van der Waals surface area contributed by atoms with Gasteiger partial charge in [-0.05, 0) is 23.8 Å². The number of imide groups is 1. The Morgan fingerprint density at radius 3 is 2.15 bits per heavy atom. The first kappa shape index (κ1) is 19.0. The van der Waals surface area contributed by atoms with E-state index in [-0.39, 0.29) is 28.7 Å². The summed E-state index contributed by atoms with van der Waals surface area (Å²) in [4.78, 5) is 35.1. The van der Waals surface area contributed by atoms with Crippen molar-refractivity contribution in [3.05, 3.63) is 83.7 Å². The van der Waals surface area contributed by atoms with Crippen LogP contribution >= 0.6 is 0 Å². The summed E-state index contributed by atoms with van der Waals surface area (Å²) in [7, 11) is 0. The third kappa shape index (κ3) is 2.77. The molecule has 8 heteroatoms. The van der Waals surface area contributed by atoms with Crippen molar-refractivity contribution in [1.29, 1.82) is 0 Å². The Morgan fingerprint density at radius 2 is 1.48 bits per heavy atom. The minimum atomic E-state index is -0.704. The average molecular weight is 437 g/mol. The predicted octanol–water partition coefficient (Wildman–Crippen LogP) is 4.25.